The number of aliphatic hydroxyl groups is 1. The Bertz CT molecular complexity index is 403. The molecule has 0 amide bonds. The highest BCUT2D eigenvalue weighted by molar-refractivity contribution is 9.10. The Morgan fingerprint density at radius 3 is 2.80 bits per heavy atom. The average Bonchev–Trinajstić information content (AvgIpc) is 2.28. The summed E-state index contributed by atoms with van der Waals surface area (Å²) in [6.45, 7) is 1.48. The molecule has 15 heavy (non-hydrogen) atoms. The molecular weight excluding hydrogens is 324 g/mol. The number of nitriles is 1. The Hall–Kier alpha value is -0.440. The van der Waals surface area contributed by atoms with Crippen molar-refractivity contribution < 1.29 is 5.11 Å². The normalized spacial score (nSPS) is 14.3. The highest BCUT2D eigenvalue weighted by atomic mass is 79.9. The van der Waals surface area contributed by atoms with Crippen LogP contribution < -0.4 is 0 Å². The van der Waals surface area contributed by atoms with Crippen LogP contribution >= 0.6 is 31.9 Å². The fraction of sp³-hybridized carbons (Fsp3) is 0.400. The molecule has 0 aromatic carbocycles. The summed E-state index contributed by atoms with van der Waals surface area (Å²) in [6.07, 6.45) is 1.68. The van der Waals surface area contributed by atoms with Gasteiger partial charge in [0, 0.05) is 16.0 Å². The van der Waals surface area contributed by atoms with E-state index in [0.29, 0.717) is 5.33 Å². The number of hydrogen-bond donors (Lipinski definition) is 1. The highest BCUT2D eigenvalue weighted by Crippen LogP contribution is 2.28. The molecule has 0 aliphatic carbocycles. The predicted octanol–water partition coefficient (Wildman–Crippen LogP) is 2.51. The van der Waals surface area contributed by atoms with Crippen molar-refractivity contribution in [2.45, 2.75) is 17.7 Å². The van der Waals surface area contributed by atoms with Crippen molar-refractivity contribution in [1.82, 2.24) is 4.98 Å². The monoisotopic (exact) mass is 332 g/mol. The van der Waals surface area contributed by atoms with Crippen LogP contribution in [-0.4, -0.2) is 16.7 Å². The lowest BCUT2D eigenvalue weighted by Gasteiger charge is -2.21. The smallest absolute Gasteiger partial charge is 0.104 e. The molecular formula is C10H10Br2N2O. The first kappa shape index (κ1) is 12.6. The number of aromatic nitrogens is 1. The number of alkyl halides is 1. The fourth-order valence-corrected chi connectivity index (χ4v) is 2.01. The van der Waals surface area contributed by atoms with Gasteiger partial charge in [-0.05, 0) is 34.5 Å². The molecule has 0 saturated carbocycles. The average molecular weight is 334 g/mol. The molecule has 0 aliphatic heterocycles. The van der Waals surface area contributed by atoms with Gasteiger partial charge in [-0.15, -0.1) is 0 Å². The zero-order chi connectivity index (χ0) is 11.5. The third-order valence-corrected chi connectivity index (χ3v) is 3.19. The molecule has 0 aliphatic rings. The summed E-state index contributed by atoms with van der Waals surface area (Å²) >= 11 is 6.62. The molecule has 3 nitrogen and oxygen atoms in total. The lowest BCUT2D eigenvalue weighted by molar-refractivity contribution is 0.239. The second-order valence-electron chi connectivity index (χ2n) is 3.38. The maximum atomic E-state index is 9.27. The van der Waals surface area contributed by atoms with Crippen molar-refractivity contribution in [2.75, 3.05) is 6.61 Å². The van der Waals surface area contributed by atoms with Crippen molar-refractivity contribution >= 4 is 31.9 Å². The molecule has 1 atom stereocenters. The van der Waals surface area contributed by atoms with Gasteiger partial charge in [0.1, 0.15) is 5.41 Å². The Labute approximate surface area is 105 Å². The first-order valence-electron chi connectivity index (χ1n) is 4.30. The van der Waals surface area contributed by atoms with Gasteiger partial charge in [0.15, 0.2) is 0 Å². The van der Waals surface area contributed by atoms with Crippen LogP contribution in [0, 0.1) is 11.3 Å². The number of aliphatic hydroxyl groups excluding tert-OH is 1. The SMILES string of the molecule is CC(C#N)(CO)c1cc(Br)cnc1CBr. The second-order valence-corrected chi connectivity index (χ2v) is 4.86. The van der Waals surface area contributed by atoms with Crippen molar-refractivity contribution in [3.05, 3.63) is 28.0 Å². The van der Waals surface area contributed by atoms with Crippen LogP contribution in [-0.2, 0) is 10.7 Å². The number of nitrogens with zero attached hydrogens (tertiary/aromatic N) is 2. The van der Waals surface area contributed by atoms with Crippen molar-refractivity contribution in [1.29, 1.82) is 5.26 Å². The van der Waals surface area contributed by atoms with Gasteiger partial charge in [-0.3, -0.25) is 4.98 Å². The van der Waals surface area contributed by atoms with E-state index in [0.717, 1.165) is 15.7 Å². The van der Waals surface area contributed by atoms with Crippen LogP contribution in [0.1, 0.15) is 18.2 Å². The van der Waals surface area contributed by atoms with E-state index in [4.69, 9.17) is 5.26 Å². The lowest BCUT2D eigenvalue weighted by atomic mass is 9.84. The van der Waals surface area contributed by atoms with Crippen molar-refractivity contribution in [2.24, 2.45) is 0 Å². The maximum Gasteiger partial charge on any atom is 0.104 e. The minimum atomic E-state index is -0.903. The topological polar surface area (TPSA) is 56.9 Å². The van der Waals surface area contributed by atoms with Crippen molar-refractivity contribution in [3.63, 3.8) is 0 Å². The first-order chi connectivity index (χ1) is 7.07. The summed E-state index contributed by atoms with van der Waals surface area (Å²) < 4.78 is 0.803. The summed E-state index contributed by atoms with van der Waals surface area (Å²) in [4.78, 5) is 4.20. The Kier molecular flexibility index (Phi) is 4.26. The summed E-state index contributed by atoms with van der Waals surface area (Å²) in [5.41, 5.74) is 0.620. The largest absolute Gasteiger partial charge is 0.394 e. The number of hydrogen-bond acceptors (Lipinski definition) is 3. The molecule has 5 heteroatoms. The molecule has 1 N–H and O–H groups in total. The van der Waals surface area contributed by atoms with Gasteiger partial charge in [-0.1, -0.05) is 15.9 Å². The predicted molar refractivity (Wildman–Crippen MR) is 64.6 cm³/mol. The van der Waals surface area contributed by atoms with E-state index < -0.39 is 5.41 Å². The Morgan fingerprint density at radius 2 is 2.33 bits per heavy atom. The maximum absolute atomic E-state index is 9.27. The zero-order valence-corrected chi connectivity index (χ0v) is 11.3. The zero-order valence-electron chi connectivity index (χ0n) is 8.17. The van der Waals surface area contributed by atoms with E-state index in [1.807, 2.05) is 6.07 Å². The highest BCUT2D eigenvalue weighted by Gasteiger charge is 2.28. The lowest BCUT2D eigenvalue weighted by Crippen LogP contribution is -2.26. The van der Waals surface area contributed by atoms with Crippen LogP contribution in [0.3, 0.4) is 0 Å². The fourth-order valence-electron chi connectivity index (χ4n) is 1.23. The molecule has 1 aromatic rings. The van der Waals surface area contributed by atoms with Gasteiger partial charge in [0.2, 0.25) is 0 Å². The summed E-state index contributed by atoms with van der Waals surface area (Å²) in [5.74, 6) is 0. The molecule has 1 rings (SSSR count). The third kappa shape index (κ3) is 2.57. The molecule has 0 spiro atoms. The Balaban J connectivity index is 3.34. The van der Waals surface area contributed by atoms with Gasteiger partial charge in [-0.2, -0.15) is 5.26 Å². The first-order valence-corrected chi connectivity index (χ1v) is 6.22. The van der Waals surface area contributed by atoms with Crippen LogP contribution in [0.25, 0.3) is 0 Å². The van der Waals surface area contributed by atoms with E-state index >= 15 is 0 Å². The number of pyridine rings is 1. The van der Waals surface area contributed by atoms with Gasteiger partial charge in [-0.25, -0.2) is 0 Å². The summed E-state index contributed by atoms with van der Waals surface area (Å²) in [5, 5.41) is 18.9. The van der Waals surface area contributed by atoms with Crippen molar-refractivity contribution in [3.8, 4) is 6.07 Å². The molecule has 0 radical (unpaired) electrons. The van der Waals surface area contributed by atoms with Crippen LogP contribution in [0.4, 0.5) is 0 Å². The number of halogens is 2. The van der Waals surface area contributed by atoms with E-state index in [9.17, 15) is 5.11 Å². The van der Waals surface area contributed by atoms with Gasteiger partial charge in [0.25, 0.3) is 0 Å². The summed E-state index contributed by atoms with van der Waals surface area (Å²) in [6, 6.07) is 3.94. The van der Waals surface area contributed by atoms with Gasteiger partial charge >= 0.3 is 0 Å². The minimum Gasteiger partial charge on any atom is -0.394 e. The molecule has 0 fully saturated rings. The Morgan fingerprint density at radius 1 is 1.67 bits per heavy atom. The molecule has 1 unspecified atom stereocenters. The van der Waals surface area contributed by atoms with Crippen LogP contribution in [0.2, 0.25) is 0 Å². The van der Waals surface area contributed by atoms with Gasteiger partial charge in [0.05, 0.1) is 18.4 Å². The third-order valence-electron chi connectivity index (χ3n) is 2.22. The second kappa shape index (κ2) is 5.06. The molecule has 1 heterocycles. The molecule has 1 aromatic heterocycles. The van der Waals surface area contributed by atoms with Crippen LogP contribution in [0.5, 0.6) is 0 Å². The van der Waals surface area contributed by atoms with E-state index in [-0.39, 0.29) is 6.61 Å². The summed E-state index contributed by atoms with van der Waals surface area (Å²) in [7, 11) is 0. The molecule has 0 bridgehead atoms. The van der Waals surface area contributed by atoms with Gasteiger partial charge < -0.3 is 5.11 Å². The van der Waals surface area contributed by atoms with E-state index in [1.165, 1.54) is 0 Å². The van der Waals surface area contributed by atoms with E-state index in [2.05, 4.69) is 42.9 Å². The van der Waals surface area contributed by atoms with Crippen LogP contribution in [0.15, 0.2) is 16.7 Å². The molecule has 80 valence electrons. The molecule has 0 saturated heterocycles. The standard InChI is InChI=1S/C10H10Br2N2O/c1-10(5-13,6-15)8-2-7(12)4-14-9(8)3-11/h2,4,15H,3,6H2,1H3. The minimum absolute atomic E-state index is 0.221. The quantitative estimate of drug-likeness (QED) is 0.865. The number of rotatable bonds is 3. The van der Waals surface area contributed by atoms with E-state index in [1.54, 1.807) is 13.1 Å².